The summed E-state index contributed by atoms with van der Waals surface area (Å²) in [7, 11) is 2.01. The fraction of sp³-hybridized carbons (Fsp3) is 0.375. The molecule has 1 heterocycles. The van der Waals surface area contributed by atoms with Gasteiger partial charge in [-0.1, -0.05) is 37.3 Å². The summed E-state index contributed by atoms with van der Waals surface area (Å²) in [5.41, 5.74) is 1.49. The number of anilines is 2. The second kappa shape index (κ2) is 13.9. The number of hydrogen-bond donors (Lipinski definition) is 3. The fourth-order valence-corrected chi connectivity index (χ4v) is 5.03. The average Bonchev–Trinajstić information content (AvgIpc) is 3.00. The molecule has 0 aromatic heterocycles. The van der Waals surface area contributed by atoms with E-state index in [9.17, 15) is 27.9 Å². The van der Waals surface area contributed by atoms with E-state index in [1.807, 2.05) is 32.2 Å². The molecule has 0 saturated heterocycles. The molecular weight excluding hydrogens is 561 g/mol. The lowest BCUT2D eigenvalue weighted by atomic mass is 10.0. The van der Waals surface area contributed by atoms with Gasteiger partial charge in [0.05, 0.1) is 24.6 Å². The Balaban J connectivity index is 1.53. The zero-order valence-corrected chi connectivity index (χ0v) is 24.4. The topological polar surface area (TPSA) is 94.1 Å². The molecule has 11 heteroatoms. The Morgan fingerprint density at radius 1 is 1.07 bits per heavy atom. The van der Waals surface area contributed by atoms with Gasteiger partial charge in [0.15, 0.2) is 0 Å². The van der Waals surface area contributed by atoms with E-state index in [1.165, 1.54) is 12.1 Å². The predicted molar refractivity (Wildman–Crippen MR) is 159 cm³/mol. The third-order valence-electron chi connectivity index (χ3n) is 7.43. The van der Waals surface area contributed by atoms with Gasteiger partial charge in [-0.15, -0.1) is 0 Å². The van der Waals surface area contributed by atoms with Gasteiger partial charge in [-0.2, -0.15) is 13.2 Å². The van der Waals surface area contributed by atoms with Crippen molar-refractivity contribution in [3.63, 3.8) is 0 Å². The van der Waals surface area contributed by atoms with E-state index in [0.717, 1.165) is 17.7 Å². The number of likely N-dealkylation sites (N-methyl/N-ethyl adjacent to an activating group) is 1. The molecule has 0 bridgehead atoms. The average molecular weight is 599 g/mol. The largest absolute Gasteiger partial charge is 0.488 e. The van der Waals surface area contributed by atoms with Crippen LogP contribution in [0.2, 0.25) is 0 Å². The number of nitrogens with one attached hydrogen (secondary N) is 2. The second-order valence-electron chi connectivity index (χ2n) is 11.0. The van der Waals surface area contributed by atoms with Crippen molar-refractivity contribution in [2.45, 2.75) is 45.1 Å². The Morgan fingerprint density at radius 2 is 1.72 bits per heavy atom. The van der Waals surface area contributed by atoms with Crippen LogP contribution < -0.4 is 15.4 Å². The van der Waals surface area contributed by atoms with Gasteiger partial charge in [0.2, 0.25) is 5.91 Å². The summed E-state index contributed by atoms with van der Waals surface area (Å²) in [6.45, 7) is 5.34. The molecule has 8 nitrogen and oxygen atoms in total. The number of benzene rings is 3. The lowest BCUT2D eigenvalue weighted by Gasteiger charge is -2.34. The van der Waals surface area contributed by atoms with Crippen LogP contribution in [0.3, 0.4) is 0 Å². The molecule has 3 amide bonds. The number of ether oxygens (including phenoxy) is 1. The number of carbonyl (C=O) groups is 2. The molecule has 0 fully saturated rings. The number of aliphatic hydroxyl groups is 1. The van der Waals surface area contributed by atoms with E-state index >= 15 is 0 Å². The van der Waals surface area contributed by atoms with Gasteiger partial charge in [0, 0.05) is 42.5 Å². The first-order valence-electron chi connectivity index (χ1n) is 14.1. The predicted octanol–water partition coefficient (Wildman–Crippen LogP) is 5.63. The maximum atomic E-state index is 13.4. The minimum absolute atomic E-state index is 0.00495. The number of alkyl halides is 3. The SMILES string of the molecule is C[C@H](CO)N1C[C@H](C)[C@H](CN(C)Cc2ccccc2)Oc2ccc(NC(=O)Nc3ccc(C(F)(F)F)cc3)cc2CC1=O. The number of amides is 3. The molecule has 3 N–H and O–H groups in total. The number of fused-ring (bicyclic) bond motifs is 1. The highest BCUT2D eigenvalue weighted by molar-refractivity contribution is 6.00. The Hall–Kier alpha value is -4.09. The van der Waals surface area contributed by atoms with Crippen LogP contribution >= 0.6 is 0 Å². The molecule has 1 aliphatic heterocycles. The monoisotopic (exact) mass is 598 g/mol. The second-order valence-corrected chi connectivity index (χ2v) is 11.0. The summed E-state index contributed by atoms with van der Waals surface area (Å²) in [4.78, 5) is 29.9. The first kappa shape index (κ1) is 31.8. The summed E-state index contributed by atoms with van der Waals surface area (Å²) in [6.07, 6.45) is -4.76. The van der Waals surface area contributed by atoms with Gasteiger partial charge in [0.25, 0.3) is 0 Å². The van der Waals surface area contributed by atoms with E-state index in [-0.39, 0.29) is 36.6 Å². The molecule has 0 aliphatic carbocycles. The number of urea groups is 1. The summed E-state index contributed by atoms with van der Waals surface area (Å²) >= 11 is 0. The van der Waals surface area contributed by atoms with Crippen molar-refractivity contribution < 1.29 is 32.6 Å². The highest BCUT2D eigenvalue weighted by atomic mass is 19.4. The van der Waals surface area contributed by atoms with Crippen LogP contribution in [0.1, 0.15) is 30.5 Å². The smallest absolute Gasteiger partial charge is 0.416 e. The summed E-state index contributed by atoms with van der Waals surface area (Å²) < 4.78 is 45.1. The minimum Gasteiger partial charge on any atom is -0.488 e. The van der Waals surface area contributed by atoms with E-state index in [4.69, 9.17) is 4.74 Å². The maximum absolute atomic E-state index is 13.4. The summed E-state index contributed by atoms with van der Waals surface area (Å²) in [6, 6.07) is 18.2. The number of aliphatic hydroxyl groups excluding tert-OH is 1. The Kier molecular flexibility index (Phi) is 10.3. The molecule has 0 radical (unpaired) electrons. The van der Waals surface area contributed by atoms with Gasteiger partial charge in [0.1, 0.15) is 11.9 Å². The molecule has 1 aliphatic rings. The molecule has 3 aromatic rings. The molecule has 43 heavy (non-hydrogen) atoms. The van der Waals surface area contributed by atoms with Crippen molar-refractivity contribution >= 4 is 23.3 Å². The van der Waals surface area contributed by atoms with E-state index < -0.39 is 23.8 Å². The van der Waals surface area contributed by atoms with Crippen LogP contribution in [0, 0.1) is 5.92 Å². The van der Waals surface area contributed by atoms with Crippen molar-refractivity contribution in [3.05, 3.63) is 89.5 Å². The number of hydrogen-bond acceptors (Lipinski definition) is 5. The van der Waals surface area contributed by atoms with Gasteiger partial charge in [-0.25, -0.2) is 4.79 Å². The third-order valence-corrected chi connectivity index (χ3v) is 7.43. The van der Waals surface area contributed by atoms with Gasteiger partial charge in [-0.3, -0.25) is 9.69 Å². The molecule has 230 valence electrons. The highest BCUT2D eigenvalue weighted by Gasteiger charge is 2.32. The molecule has 3 atom stereocenters. The first-order chi connectivity index (χ1) is 20.4. The van der Waals surface area contributed by atoms with Crippen LogP contribution in [0.5, 0.6) is 5.75 Å². The zero-order valence-electron chi connectivity index (χ0n) is 24.4. The molecule has 4 rings (SSSR count). The number of carbonyl (C=O) groups excluding carboxylic acids is 2. The van der Waals surface area contributed by atoms with Crippen LogP contribution in [0.4, 0.5) is 29.3 Å². The minimum atomic E-state index is -4.47. The van der Waals surface area contributed by atoms with Gasteiger partial charge < -0.3 is 25.4 Å². The van der Waals surface area contributed by atoms with E-state index in [2.05, 4.69) is 27.7 Å². The summed E-state index contributed by atoms with van der Waals surface area (Å²) in [5, 5.41) is 15.1. The zero-order chi connectivity index (χ0) is 31.1. The maximum Gasteiger partial charge on any atom is 0.416 e. The summed E-state index contributed by atoms with van der Waals surface area (Å²) in [5.74, 6) is 0.280. The van der Waals surface area contributed by atoms with Crippen molar-refractivity contribution in [3.8, 4) is 5.75 Å². The molecule has 0 saturated carbocycles. The van der Waals surface area contributed by atoms with Crippen molar-refractivity contribution in [2.24, 2.45) is 5.92 Å². The van der Waals surface area contributed by atoms with Crippen molar-refractivity contribution in [2.75, 3.05) is 37.4 Å². The van der Waals surface area contributed by atoms with Gasteiger partial charge >= 0.3 is 12.2 Å². The Labute approximate surface area is 249 Å². The fourth-order valence-electron chi connectivity index (χ4n) is 5.03. The third kappa shape index (κ3) is 8.71. The molecule has 3 aromatic carbocycles. The lowest BCUT2D eigenvalue weighted by Crippen LogP contribution is -2.47. The Morgan fingerprint density at radius 3 is 2.37 bits per heavy atom. The first-order valence-corrected chi connectivity index (χ1v) is 14.1. The normalized spacial score (nSPS) is 18.1. The van der Waals surface area contributed by atoms with Gasteiger partial charge in [-0.05, 0) is 62.0 Å². The van der Waals surface area contributed by atoms with Crippen LogP contribution in [0.15, 0.2) is 72.8 Å². The standard InChI is InChI=1S/C32H37F3N4O4/c1-21-17-39(22(2)20-40)30(41)16-24-15-27(37-31(42)36-26-11-9-25(10-12-26)32(33,34)35)13-14-28(24)43-29(21)19-38(3)18-23-7-5-4-6-8-23/h4-15,21-22,29,40H,16-20H2,1-3H3,(H2,36,37,42)/t21-,22+,29-/m0/s1. The van der Waals surface area contributed by atoms with Crippen molar-refractivity contribution in [1.29, 1.82) is 0 Å². The van der Waals surface area contributed by atoms with E-state index in [1.54, 1.807) is 30.0 Å². The Bertz CT molecular complexity index is 1390. The van der Waals surface area contributed by atoms with Crippen molar-refractivity contribution in [1.82, 2.24) is 9.80 Å². The molecule has 0 unspecified atom stereocenters. The molecular formula is C32H37F3N4O4. The highest BCUT2D eigenvalue weighted by Crippen LogP contribution is 2.31. The lowest BCUT2D eigenvalue weighted by molar-refractivity contribution is -0.137. The van der Waals surface area contributed by atoms with Crippen LogP contribution in [-0.4, -0.2) is 65.7 Å². The number of rotatable bonds is 8. The quantitative estimate of drug-likeness (QED) is 0.313. The molecule has 0 spiro atoms. The van der Waals surface area contributed by atoms with Crippen LogP contribution in [0.25, 0.3) is 0 Å². The van der Waals surface area contributed by atoms with E-state index in [0.29, 0.717) is 36.6 Å². The van der Waals surface area contributed by atoms with Crippen LogP contribution in [-0.2, 0) is 23.9 Å². The number of nitrogens with zero attached hydrogens (tertiary/aromatic N) is 2. The number of halogens is 3.